The van der Waals surface area contributed by atoms with Crippen LogP contribution in [0.2, 0.25) is 0 Å². The highest BCUT2D eigenvalue weighted by atomic mass is 16.4. The van der Waals surface area contributed by atoms with Crippen LogP contribution < -0.4 is 5.32 Å². The molecule has 1 aromatic heterocycles. The van der Waals surface area contributed by atoms with Crippen molar-refractivity contribution in [2.24, 2.45) is 13.0 Å². The number of carbonyl (C=O) groups is 1. The van der Waals surface area contributed by atoms with Crippen LogP contribution in [0.4, 0.5) is 5.95 Å². The van der Waals surface area contributed by atoms with Gasteiger partial charge in [-0.05, 0) is 16.3 Å². The van der Waals surface area contributed by atoms with Crippen LogP contribution >= 0.6 is 0 Å². The van der Waals surface area contributed by atoms with Gasteiger partial charge in [0.25, 0.3) is 0 Å². The Hall–Kier alpha value is -1.66. The van der Waals surface area contributed by atoms with Crippen molar-refractivity contribution >= 4 is 11.9 Å². The van der Waals surface area contributed by atoms with Gasteiger partial charge in [0, 0.05) is 20.0 Å². The van der Waals surface area contributed by atoms with Gasteiger partial charge in [0.05, 0.1) is 0 Å². The first-order valence-electron chi connectivity index (χ1n) is 4.81. The van der Waals surface area contributed by atoms with Crippen LogP contribution in [0.25, 0.3) is 0 Å². The van der Waals surface area contributed by atoms with Crippen molar-refractivity contribution in [2.45, 2.75) is 19.8 Å². The molecule has 1 atom stereocenters. The fourth-order valence-electron chi connectivity index (χ4n) is 1.22. The van der Waals surface area contributed by atoms with Crippen molar-refractivity contribution in [3.05, 3.63) is 0 Å². The molecule has 7 heteroatoms. The number of aromatic nitrogens is 4. The molecule has 0 saturated heterocycles. The molecule has 0 aliphatic rings. The van der Waals surface area contributed by atoms with E-state index in [2.05, 4.69) is 20.8 Å². The zero-order chi connectivity index (χ0) is 11.3. The largest absolute Gasteiger partial charge is 0.481 e. The lowest BCUT2D eigenvalue weighted by Crippen LogP contribution is -2.18. The van der Waals surface area contributed by atoms with Gasteiger partial charge in [-0.1, -0.05) is 18.4 Å². The number of rotatable bonds is 6. The monoisotopic (exact) mass is 213 g/mol. The number of anilines is 1. The third kappa shape index (κ3) is 3.53. The van der Waals surface area contributed by atoms with Gasteiger partial charge in [0.15, 0.2) is 0 Å². The zero-order valence-corrected chi connectivity index (χ0v) is 8.84. The molecule has 0 radical (unpaired) electrons. The molecule has 84 valence electrons. The highest BCUT2D eigenvalue weighted by Crippen LogP contribution is 2.09. The molecular weight excluding hydrogens is 198 g/mol. The van der Waals surface area contributed by atoms with Crippen molar-refractivity contribution in [1.29, 1.82) is 0 Å². The molecule has 7 nitrogen and oxygen atoms in total. The highest BCUT2D eigenvalue weighted by Gasteiger charge is 2.12. The molecule has 1 unspecified atom stereocenters. The van der Waals surface area contributed by atoms with Crippen LogP contribution in [0.1, 0.15) is 19.8 Å². The number of carboxylic acid groups (broad SMARTS) is 1. The molecule has 0 aliphatic carbocycles. The Morgan fingerprint density at radius 2 is 2.40 bits per heavy atom. The van der Waals surface area contributed by atoms with Gasteiger partial charge in [-0.15, -0.1) is 0 Å². The SMILES string of the molecule is CCC(CNc1nnnn1C)CC(=O)O. The number of hydrogen-bond acceptors (Lipinski definition) is 5. The van der Waals surface area contributed by atoms with Gasteiger partial charge >= 0.3 is 5.97 Å². The second kappa shape index (κ2) is 5.28. The fourth-order valence-corrected chi connectivity index (χ4v) is 1.22. The van der Waals surface area contributed by atoms with E-state index in [1.807, 2.05) is 6.92 Å². The minimum absolute atomic E-state index is 0.0965. The normalized spacial score (nSPS) is 12.4. The summed E-state index contributed by atoms with van der Waals surface area (Å²) in [6, 6.07) is 0. The van der Waals surface area contributed by atoms with E-state index in [1.165, 1.54) is 4.68 Å². The third-order valence-corrected chi connectivity index (χ3v) is 2.21. The lowest BCUT2D eigenvalue weighted by molar-refractivity contribution is -0.138. The number of aryl methyl sites for hydroxylation is 1. The van der Waals surface area contributed by atoms with Gasteiger partial charge in [0.2, 0.25) is 5.95 Å². The van der Waals surface area contributed by atoms with Crippen LogP contribution in [0.3, 0.4) is 0 Å². The van der Waals surface area contributed by atoms with Crippen LogP contribution in [0, 0.1) is 5.92 Å². The summed E-state index contributed by atoms with van der Waals surface area (Å²) < 4.78 is 1.51. The van der Waals surface area contributed by atoms with Crippen molar-refractivity contribution < 1.29 is 9.90 Å². The van der Waals surface area contributed by atoms with E-state index < -0.39 is 5.97 Å². The summed E-state index contributed by atoms with van der Waals surface area (Å²) in [6.07, 6.45) is 0.972. The maximum Gasteiger partial charge on any atom is 0.303 e. The van der Waals surface area contributed by atoms with E-state index in [-0.39, 0.29) is 12.3 Å². The van der Waals surface area contributed by atoms with Crippen LogP contribution in [0.15, 0.2) is 0 Å². The molecule has 1 rings (SSSR count). The lowest BCUT2D eigenvalue weighted by atomic mass is 10.0. The van der Waals surface area contributed by atoms with E-state index in [4.69, 9.17) is 5.11 Å². The van der Waals surface area contributed by atoms with Gasteiger partial charge in [-0.25, -0.2) is 4.68 Å². The van der Waals surface area contributed by atoms with Crippen molar-refractivity contribution in [1.82, 2.24) is 20.2 Å². The van der Waals surface area contributed by atoms with Crippen molar-refractivity contribution in [2.75, 3.05) is 11.9 Å². The van der Waals surface area contributed by atoms with E-state index in [9.17, 15) is 4.79 Å². The number of hydrogen-bond donors (Lipinski definition) is 2. The fraction of sp³-hybridized carbons (Fsp3) is 0.750. The van der Waals surface area contributed by atoms with Gasteiger partial charge in [0.1, 0.15) is 0 Å². The minimum atomic E-state index is -0.778. The van der Waals surface area contributed by atoms with Crippen LogP contribution in [-0.4, -0.2) is 37.8 Å². The first-order chi connectivity index (χ1) is 7.13. The van der Waals surface area contributed by atoms with Gasteiger partial charge in [-0.2, -0.15) is 0 Å². The van der Waals surface area contributed by atoms with Crippen LogP contribution in [-0.2, 0) is 11.8 Å². The maximum absolute atomic E-state index is 10.5. The molecule has 0 amide bonds. The Bertz CT molecular complexity index is 325. The molecule has 0 spiro atoms. The van der Waals surface area contributed by atoms with Crippen molar-refractivity contribution in [3.8, 4) is 0 Å². The summed E-state index contributed by atoms with van der Waals surface area (Å²) in [7, 11) is 1.72. The number of nitrogens with one attached hydrogen (secondary N) is 1. The van der Waals surface area contributed by atoms with Crippen molar-refractivity contribution in [3.63, 3.8) is 0 Å². The van der Waals surface area contributed by atoms with Gasteiger partial charge < -0.3 is 10.4 Å². The van der Waals surface area contributed by atoms with E-state index >= 15 is 0 Å². The van der Waals surface area contributed by atoms with E-state index in [0.29, 0.717) is 12.5 Å². The Morgan fingerprint density at radius 3 is 2.87 bits per heavy atom. The maximum atomic E-state index is 10.5. The van der Waals surface area contributed by atoms with Gasteiger partial charge in [-0.3, -0.25) is 4.79 Å². The predicted octanol–water partition coefficient (Wildman–Crippen LogP) is 0.123. The molecule has 2 N–H and O–H groups in total. The molecule has 0 aliphatic heterocycles. The second-order valence-corrected chi connectivity index (χ2v) is 3.38. The quantitative estimate of drug-likeness (QED) is 0.697. The lowest BCUT2D eigenvalue weighted by Gasteiger charge is -2.12. The summed E-state index contributed by atoms with van der Waals surface area (Å²) in [5.41, 5.74) is 0. The molecule has 0 saturated carbocycles. The molecule has 0 fully saturated rings. The Morgan fingerprint density at radius 1 is 1.67 bits per heavy atom. The average Bonchev–Trinajstić information content (AvgIpc) is 2.58. The number of aliphatic carboxylic acids is 1. The Kier molecular flexibility index (Phi) is 4.02. The smallest absolute Gasteiger partial charge is 0.303 e. The first-order valence-corrected chi connectivity index (χ1v) is 4.81. The molecule has 1 aromatic rings. The number of nitrogens with zero attached hydrogens (tertiary/aromatic N) is 4. The average molecular weight is 213 g/mol. The zero-order valence-electron chi connectivity index (χ0n) is 8.84. The molecule has 15 heavy (non-hydrogen) atoms. The topological polar surface area (TPSA) is 92.9 Å². The summed E-state index contributed by atoms with van der Waals surface area (Å²) in [4.78, 5) is 10.5. The Balaban J connectivity index is 2.41. The minimum Gasteiger partial charge on any atom is -0.481 e. The molecular formula is C8H15N5O2. The predicted molar refractivity (Wildman–Crippen MR) is 53.3 cm³/mol. The molecule has 0 aromatic carbocycles. The molecule has 1 heterocycles. The van der Waals surface area contributed by atoms with Crippen LogP contribution in [0.5, 0.6) is 0 Å². The third-order valence-electron chi connectivity index (χ3n) is 2.21. The summed E-state index contributed by atoms with van der Waals surface area (Å²) in [6.45, 7) is 2.53. The number of carboxylic acids is 1. The standard InChI is InChI=1S/C8H15N5O2/c1-3-6(4-7(14)15)5-9-8-10-11-12-13(8)2/h6H,3-5H2,1-2H3,(H,14,15)(H,9,10,12). The molecule has 0 bridgehead atoms. The van der Waals surface area contributed by atoms with E-state index in [1.54, 1.807) is 7.05 Å². The number of tetrazole rings is 1. The summed E-state index contributed by atoms with van der Waals surface area (Å²) in [5.74, 6) is -0.127. The Labute approximate surface area is 87.5 Å². The summed E-state index contributed by atoms with van der Waals surface area (Å²) in [5, 5.41) is 22.5. The second-order valence-electron chi connectivity index (χ2n) is 3.38. The highest BCUT2D eigenvalue weighted by molar-refractivity contribution is 5.67. The first kappa shape index (κ1) is 11.4. The van der Waals surface area contributed by atoms with E-state index in [0.717, 1.165) is 6.42 Å². The summed E-state index contributed by atoms with van der Waals surface area (Å²) >= 11 is 0.